The van der Waals surface area contributed by atoms with Gasteiger partial charge in [0.25, 0.3) is 6.43 Å². The fraction of sp³-hybridized carbons (Fsp3) is 0.455. The molecule has 19 heavy (non-hydrogen) atoms. The number of aliphatic hydroxyl groups is 1. The Morgan fingerprint density at radius 1 is 1.16 bits per heavy atom. The summed E-state index contributed by atoms with van der Waals surface area (Å²) in [6, 6.07) is 4.02. The van der Waals surface area contributed by atoms with Crippen LogP contribution < -0.4 is 5.73 Å². The smallest absolute Gasteiger partial charge is 0.384 e. The fourth-order valence-electron chi connectivity index (χ4n) is 1.59. The highest BCUT2D eigenvalue weighted by Crippen LogP contribution is 2.36. The topological polar surface area (TPSA) is 46.2 Å². The minimum absolute atomic E-state index is 0.770. The number of hydrogen-bond donors (Lipinski definition) is 2. The summed E-state index contributed by atoms with van der Waals surface area (Å²) in [7, 11) is 0. The van der Waals surface area contributed by atoms with E-state index < -0.39 is 42.0 Å². The highest BCUT2D eigenvalue weighted by Gasteiger charge is 2.48. The molecule has 0 bridgehead atoms. The van der Waals surface area contributed by atoms with E-state index in [4.69, 9.17) is 10.8 Å². The predicted octanol–water partition coefficient (Wildman–Crippen LogP) is 2.56. The SMILES string of the molecule is NC(CC(O)C(F)(F)F)(c1ccccc1F)C(F)F. The second-order valence-corrected chi connectivity index (χ2v) is 4.08. The molecule has 1 rings (SSSR count). The Hall–Kier alpha value is -1.28. The normalized spacial score (nSPS) is 17.3. The van der Waals surface area contributed by atoms with Crippen LogP contribution in [0.1, 0.15) is 12.0 Å². The Balaban J connectivity index is 3.16. The lowest BCUT2D eigenvalue weighted by Crippen LogP contribution is -2.49. The van der Waals surface area contributed by atoms with E-state index in [0.29, 0.717) is 0 Å². The van der Waals surface area contributed by atoms with E-state index in [9.17, 15) is 26.3 Å². The molecule has 0 aliphatic rings. The second kappa shape index (κ2) is 5.38. The molecule has 1 aromatic carbocycles. The van der Waals surface area contributed by atoms with Crippen LogP contribution in [-0.2, 0) is 5.54 Å². The van der Waals surface area contributed by atoms with Crippen molar-refractivity contribution in [1.29, 1.82) is 0 Å². The first-order valence-electron chi connectivity index (χ1n) is 5.16. The van der Waals surface area contributed by atoms with Crippen molar-refractivity contribution in [3.63, 3.8) is 0 Å². The molecule has 0 aromatic heterocycles. The fourth-order valence-corrected chi connectivity index (χ4v) is 1.59. The molecule has 2 unspecified atom stereocenters. The van der Waals surface area contributed by atoms with Crippen molar-refractivity contribution < 1.29 is 31.4 Å². The molecule has 8 heteroatoms. The summed E-state index contributed by atoms with van der Waals surface area (Å²) in [5, 5.41) is 8.86. The van der Waals surface area contributed by atoms with Crippen LogP contribution in [0, 0.1) is 5.82 Å². The van der Waals surface area contributed by atoms with E-state index in [-0.39, 0.29) is 0 Å². The van der Waals surface area contributed by atoms with Crippen molar-refractivity contribution in [2.24, 2.45) is 5.73 Å². The highest BCUT2D eigenvalue weighted by atomic mass is 19.4. The third-order valence-corrected chi connectivity index (χ3v) is 2.67. The van der Waals surface area contributed by atoms with Crippen LogP contribution in [0.4, 0.5) is 26.3 Å². The predicted molar refractivity (Wildman–Crippen MR) is 54.9 cm³/mol. The van der Waals surface area contributed by atoms with Gasteiger partial charge in [0, 0.05) is 12.0 Å². The zero-order chi connectivity index (χ0) is 14.8. The van der Waals surface area contributed by atoms with Crippen LogP contribution in [0.2, 0.25) is 0 Å². The van der Waals surface area contributed by atoms with Gasteiger partial charge in [-0.15, -0.1) is 0 Å². The van der Waals surface area contributed by atoms with Crippen LogP contribution >= 0.6 is 0 Å². The molecule has 0 aliphatic heterocycles. The van der Waals surface area contributed by atoms with Gasteiger partial charge in [0.2, 0.25) is 0 Å². The van der Waals surface area contributed by atoms with Crippen LogP contribution in [-0.4, -0.2) is 23.8 Å². The summed E-state index contributed by atoms with van der Waals surface area (Å²) in [6.07, 6.45) is -13.2. The molecule has 0 spiro atoms. The van der Waals surface area contributed by atoms with E-state index in [2.05, 4.69) is 0 Å². The van der Waals surface area contributed by atoms with Gasteiger partial charge in [-0.1, -0.05) is 18.2 Å². The molecule has 2 atom stereocenters. The van der Waals surface area contributed by atoms with E-state index in [0.717, 1.165) is 12.1 Å². The van der Waals surface area contributed by atoms with Crippen LogP contribution in [0.25, 0.3) is 0 Å². The monoisotopic (exact) mass is 287 g/mol. The maximum atomic E-state index is 13.4. The molecule has 108 valence electrons. The zero-order valence-corrected chi connectivity index (χ0v) is 9.46. The first kappa shape index (κ1) is 15.8. The number of hydrogen-bond acceptors (Lipinski definition) is 2. The molecular weight excluding hydrogens is 276 g/mol. The molecule has 0 saturated heterocycles. The van der Waals surface area contributed by atoms with Crippen molar-refractivity contribution in [3.05, 3.63) is 35.6 Å². The summed E-state index contributed by atoms with van der Waals surface area (Å²) in [4.78, 5) is 0. The number of halogens is 6. The quantitative estimate of drug-likeness (QED) is 0.836. The molecule has 2 nitrogen and oxygen atoms in total. The Kier molecular flexibility index (Phi) is 4.46. The van der Waals surface area contributed by atoms with Gasteiger partial charge >= 0.3 is 6.18 Å². The lowest BCUT2D eigenvalue weighted by Gasteiger charge is -2.32. The highest BCUT2D eigenvalue weighted by molar-refractivity contribution is 5.27. The largest absolute Gasteiger partial charge is 0.414 e. The van der Waals surface area contributed by atoms with Crippen molar-refractivity contribution in [3.8, 4) is 0 Å². The first-order chi connectivity index (χ1) is 8.59. The minimum atomic E-state index is -5.11. The number of nitrogens with two attached hydrogens (primary N) is 1. The summed E-state index contributed by atoms with van der Waals surface area (Å²) < 4.78 is 75.9. The van der Waals surface area contributed by atoms with Crippen molar-refractivity contribution in [2.75, 3.05) is 0 Å². The summed E-state index contributed by atoms with van der Waals surface area (Å²) >= 11 is 0. The Labute approximate surface area is 104 Å². The van der Waals surface area contributed by atoms with Gasteiger partial charge in [-0.05, 0) is 6.07 Å². The minimum Gasteiger partial charge on any atom is -0.384 e. The molecule has 0 saturated carbocycles. The Morgan fingerprint density at radius 3 is 2.11 bits per heavy atom. The molecule has 0 aliphatic carbocycles. The lowest BCUT2D eigenvalue weighted by molar-refractivity contribution is -0.213. The van der Waals surface area contributed by atoms with Crippen molar-refractivity contribution in [1.82, 2.24) is 0 Å². The van der Waals surface area contributed by atoms with E-state index >= 15 is 0 Å². The van der Waals surface area contributed by atoms with Crippen LogP contribution in [0.5, 0.6) is 0 Å². The number of benzene rings is 1. The Morgan fingerprint density at radius 2 is 1.68 bits per heavy atom. The standard InChI is InChI=1S/C11H11F6NO/c12-7-4-2-1-3-6(7)10(18,9(13)14)5-8(19)11(15,16)17/h1-4,8-9,19H,5,18H2. The van der Waals surface area contributed by atoms with Gasteiger partial charge in [-0.2, -0.15) is 13.2 Å². The van der Waals surface area contributed by atoms with Gasteiger partial charge in [-0.3, -0.25) is 0 Å². The Bertz CT molecular complexity index is 435. The van der Waals surface area contributed by atoms with Gasteiger partial charge in [0.15, 0.2) is 6.10 Å². The van der Waals surface area contributed by atoms with Crippen LogP contribution in [0.3, 0.4) is 0 Å². The van der Waals surface area contributed by atoms with Gasteiger partial charge in [0.05, 0.1) is 0 Å². The zero-order valence-electron chi connectivity index (χ0n) is 9.46. The van der Waals surface area contributed by atoms with E-state index in [1.165, 1.54) is 12.1 Å². The van der Waals surface area contributed by atoms with Crippen molar-refractivity contribution in [2.45, 2.75) is 30.7 Å². The van der Waals surface area contributed by atoms with Gasteiger partial charge in [-0.25, -0.2) is 13.2 Å². The van der Waals surface area contributed by atoms with Gasteiger partial charge in [0.1, 0.15) is 11.4 Å². The van der Waals surface area contributed by atoms with Crippen molar-refractivity contribution >= 4 is 0 Å². The summed E-state index contributed by atoms with van der Waals surface area (Å²) in [5.41, 5.74) is 1.52. The summed E-state index contributed by atoms with van der Waals surface area (Å²) in [5.74, 6) is -1.15. The molecule has 0 radical (unpaired) electrons. The number of rotatable bonds is 4. The molecule has 0 fully saturated rings. The maximum Gasteiger partial charge on any atom is 0.414 e. The molecule has 0 amide bonds. The average molecular weight is 287 g/mol. The second-order valence-electron chi connectivity index (χ2n) is 4.08. The average Bonchev–Trinajstić information content (AvgIpc) is 2.27. The first-order valence-corrected chi connectivity index (χ1v) is 5.16. The lowest BCUT2D eigenvalue weighted by atomic mass is 9.85. The van der Waals surface area contributed by atoms with E-state index in [1.807, 2.05) is 0 Å². The maximum absolute atomic E-state index is 13.4. The third kappa shape index (κ3) is 3.38. The number of alkyl halides is 5. The summed E-state index contributed by atoms with van der Waals surface area (Å²) in [6.45, 7) is 0. The van der Waals surface area contributed by atoms with Crippen LogP contribution in [0.15, 0.2) is 24.3 Å². The molecular formula is C11H11F6NO. The molecule has 1 aromatic rings. The molecule has 0 heterocycles. The third-order valence-electron chi connectivity index (χ3n) is 2.67. The van der Waals surface area contributed by atoms with E-state index in [1.54, 1.807) is 0 Å². The molecule has 3 N–H and O–H groups in total. The van der Waals surface area contributed by atoms with Gasteiger partial charge < -0.3 is 10.8 Å². The number of aliphatic hydroxyl groups excluding tert-OH is 1.